The highest BCUT2D eigenvalue weighted by atomic mass is 79.9. The van der Waals surface area contributed by atoms with Crippen LogP contribution < -0.4 is 0 Å². The van der Waals surface area contributed by atoms with Crippen molar-refractivity contribution in [2.24, 2.45) is 0 Å². The quantitative estimate of drug-likeness (QED) is 0.862. The van der Waals surface area contributed by atoms with Gasteiger partial charge in [-0.25, -0.2) is 0 Å². The fourth-order valence-electron chi connectivity index (χ4n) is 1.72. The Morgan fingerprint density at radius 1 is 1.33 bits per heavy atom. The van der Waals surface area contributed by atoms with Crippen LogP contribution in [0.25, 0.3) is 0 Å². The Morgan fingerprint density at radius 3 is 2.72 bits per heavy atom. The van der Waals surface area contributed by atoms with Gasteiger partial charge in [0.25, 0.3) is 5.91 Å². The summed E-state index contributed by atoms with van der Waals surface area (Å²) in [4.78, 5) is 14.0. The molecule has 18 heavy (non-hydrogen) atoms. The van der Waals surface area contributed by atoms with Crippen molar-refractivity contribution in [1.82, 2.24) is 4.90 Å². The Balaban J connectivity index is 2.19. The van der Waals surface area contributed by atoms with Crippen LogP contribution in [-0.2, 0) is 0 Å². The highest BCUT2D eigenvalue weighted by Gasteiger charge is 2.20. The number of hydrogen-bond donors (Lipinski definition) is 0. The second kappa shape index (κ2) is 5.40. The van der Waals surface area contributed by atoms with Crippen LogP contribution in [0.15, 0.2) is 51.6 Å². The summed E-state index contributed by atoms with van der Waals surface area (Å²) >= 11 is 3.37. The van der Waals surface area contributed by atoms with Gasteiger partial charge in [-0.1, -0.05) is 22.0 Å². The largest absolute Gasteiger partial charge is 0.467 e. The summed E-state index contributed by atoms with van der Waals surface area (Å²) in [5.74, 6) is 0.751. The van der Waals surface area contributed by atoms with Crippen molar-refractivity contribution in [3.8, 4) is 0 Å². The van der Waals surface area contributed by atoms with Crippen molar-refractivity contribution >= 4 is 21.8 Å². The first-order valence-electron chi connectivity index (χ1n) is 5.65. The molecule has 1 aromatic carbocycles. The van der Waals surface area contributed by atoms with Gasteiger partial charge in [-0.2, -0.15) is 0 Å². The number of amides is 1. The highest BCUT2D eigenvalue weighted by molar-refractivity contribution is 9.10. The lowest BCUT2D eigenvalue weighted by molar-refractivity contribution is 0.0726. The fraction of sp³-hybridized carbons (Fsp3) is 0.214. The van der Waals surface area contributed by atoms with Crippen molar-refractivity contribution in [2.75, 3.05) is 7.05 Å². The monoisotopic (exact) mass is 307 g/mol. The smallest absolute Gasteiger partial charge is 0.254 e. The number of furan rings is 1. The first-order chi connectivity index (χ1) is 8.59. The molecule has 0 N–H and O–H groups in total. The van der Waals surface area contributed by atoms with Crippen molar-refractivity contribution in [3.05, 3.63) is 58.5 Å². The number of hydrogen-bond acceptors (Lipinski definition) is 2. The molecule has 1 aromatic heterocycles. The minimum Gasteiger partial charge on any atom is -0.467 e. The van der Waals surface area contributed by atoms with Crippen molar-refractivity contribution in [1.29, 1.82) is 0 Å². The Bertz CT molecular complexity index is 536. The van der Waals surface area contributed by atoms with E-state index in [0.717, 1.165) is 10.2 Å². The molecule has 94 valence electrons. The fourth-order valence-corrected chi connectivity index (χ4v) is 2.12. The van der Waals surface area contributed by atoms with Gasteiger partial charge in [0, 0.05) is 17.1 Å². The molecule has 0 aliphatic heterocycles. The van der Waals surface area contributed by atoms with Gasteiger partial charge in [-0.3, -0.25) is 4.79 Å². The van der Waals surface area contributed by atoms with E-state index in [4.69, 9.17) is 4.42 Å². The molecule has 4 heteroatoms. The summed E-state index contributed by atoms with van der Waals surface area (Å²) in [6, 6.07) is 11.0. The summed E-state index contributed by atoms with van der Waals surface area (Å²) in [5, 5.41) is 0. The number of halogens is 1. The van der Waals surface area contributed by atoms with Gasteiger partial charge in [-0.05, 0) is 37.3 Å². The van der Waals surface area contributed by atoms with Crippen LogP contribution >= 0.6 is 15.9 Å². The second-order valence-electron chi connectivity index (χ2n) is 4.12. The van der Waals surface area contributed by atoms with Crippen LogP contribution in [0.1, 0.15) is 29.1 Å². The van der Waals surface area contributed by atoms with Gasteiger partial charge in [0.15, 0.2) is 0 Å². The van der Waals surface area contributed by atoms with Crippen LogP contribution in [0.3, 0.4) is 0 Å². The number of benzene rings is 1. The number of nitrogens with zero attached hydrogens (tertiary/aromatic N) is 1. The summed E-state index contributed by atoms with van der Waals surface area (Å²) in [6.07, 6.45) is 1.61. The molecular weight excluding hydrogens is 294 g/mol. The molecule has 2 rings (SSSR count). The zero-order valence-corrected chi connectivity index (χ0v) is 11.8. The van der Waals surface area contributed by atoms with Crippen molar-refractivity contribution in [3.63, 3.8) is 0 Å². The lowest BCUT2D eigenvalue weighted by atomic mass is 10.1. The standard InChI is InChI=1S/C14H14BrNO2/c1-10(13-7-4-8-18-13)16(2)14(17)11-5-3-6-12(15)9-11/h3-10H,1-2H3. The van der Waals surface area contributed by atoms with Crippen LogP contribution in [-0.4, -0.2) is 17.9 Å². The Labute approximate surface area is 115 Å². The van der Waals surface area contributed by atoms with E-state index in [1.165, 1.54) is 0 Å². The molecule has 0 bridgehead atoms. The van der Waals surface area contributed by atoms with E-state index in [-0.39, 0.29) is 11.9 Å². The van der Waals surface area contributed by atoms with E-state index in [1.54, 1.807) is 24.3 Å². The third kappa shape index (κ3) is 2.64. The second-order valence-corrected chi connectivity index (χ2v) is 5.03. The summed E-state index contributed by atoms with van der Waals surface area (Å²) in [6.45, 7) is 1.94. The molecule has 0 fully saturated rings. The predicted octanol–water partition coefficient (Wildman–Crippen LogP) is 3.88. The average Bonchev–Trinajstić information content (AvgIpc) is 2.90. The van der Waals surface area contributed by atoms with Crippen molar-refractivity contribution in [2.45, 2.75) is 13.0 Å². The van der Waals surface area contributed by atoms with Gasteiger partial charge in [0.05, 0.1) is 12.3 Å². The third-order valence-corrected chi connectivity index (χ3v) is 3.42. The summed E-state index contributed by atoms with van der Waals surface area (Å²) in [7, 11) is 1.77. The summed E-state index contributed by atoms with van der Waals surface area (Å²) in [5.41, 5.74) is 0.658. The Hall–Kier alpha value is -1.55. The molecule has 0 saturated heterocycles. The molecule has 0 radical (unpaired) electrons. The van der Waals surface area contributed by atoms with Gasteiger partial charge < -0.3 is 9.32 Å². The van der Waals surface area contributed by atoms with Gasteiger partial charge in [0.2, 0.25) is 0 Å². The van der Waals surface area contributed by atoms with Crippen LogP contribution in [0.4, 0.5) is 0 Å². The van der Waals surface area contributed by atoms with Gasteiger partial charge in [0.1, 0.15) is 5.76 Å². The van der Waals surface area contributed by atoms with E-state index >= 15 is 0 Å². The molecule has 1 atom stereocenters. The van der Waals surface area contributed by atoms with Crippen LogP contribution in [0.2, 0.25) is 0 Å². The maximum Gasteiger partial charge on any atom is 0.254 e. The zero-order valence-electron chi connectivity index (χ0n) is 10.3. The molecule has 2 aromatic rings. The van der Waals surface area contributed by atoms with E-state index in [9.17, 15) is 4.79 Å². The molecular formula is C14H14BrNO2. The minimum absolute atomic E-state index is 0.0276. The molecule has 0 aliphatic rings. The maximum absolute atomic E-state index is 12.3. The van der Waals surface area contributed by atoms with Crippen molar-refractivity contribution < 1.29 is 9.21 Å². The molecule has 0 spiro atoms. The zero-order chi connectivity index (χ0) is 13.1. The van der Waals surface area contributed by atoms with E-state index in [2.05, 4.69) is 15.9 Å². The number of carbonyl (C=O) groups excluding carboxylic acids is 1. The lowest BCUT2D eigenvalue weighted by Crippen LogP contribution is -2.29. The van der Waals surface area contributed by atoms with Crippen LogP contribution in [0, 0.1) is 0 Å². The number of rotatable bonds is 3. The maximum atomic E-state index is 12.3. The topological polar surface area (TPSA) is 33.5 Å². The Morgan fingerprint density at radius 2 is 2.11 bits per heavy atom. The molecule has 0 aliphatic carbocycles. The molecule has 3 nitrogen and oxygen atoms in total. The minimum atomic E-state index is -0.0912. The SMILES string of the molecule is CC(c1ccco1)N(C)C(=O)c1cccc(Br)c1. The van der Waals surface area contributed by atoms with E-state index < -0.39 is 0 Å². The Kier molecular flexibility index (Phi) is 3.87. The number of carbonyl (C=O) groups is 1. The summed E-state index contributed by atoms with van der Waals surface area (Å²) < 4.78 is 6.22. The third-order valence-electron chi connectivity index (χ3n) is 2.93. The van der Waals surface area contributed by atoms with E-state index in [1.807, 2.05) is 37.3 Å². The molecule has 0 saturated carbocycles. The normalized spacial score (nSPS) is 12.2. The lowest BCUT2D eigenvalue weighted by Gasteiger charge is -2.23. The first-order valence-corrected chi connectivity index (χ1v) is 6.45. The van der Waals surface area contributed by atoms with Crippen LogP contribution in [0.5, 0.6) is 0 Å². The van der Waals surface area contributed by atoms with E-state index in [0.29, 0.717) is 5.56 Å². The molecule has 1 heterocycles. The average molecular weight is 308 g/mol. The molecule has 1 unspecified atom stereocenters. The van der Waals surface area contributed by atoms with Gasteiger partial charge >= 0.3 is 0 Å². The highest BCUT2D eigenvalue weighted by Crippen LogP contribution is 2.22. The molecule has 1 amide bonds. The predicted molar refractivity (Wildman–Crippen MR) is 73.4 cm³/mol. The first kappa shape index (κ1) is 12.9. The van der Waals surface area contributed by atoms with Gasteiger partial charge in [-0.15, -0.1) is 0 Å².